The average Bonchev–Trinajstić information content (AvgIpc) is 3.33. The van der Waals surface area contributed by atoms with Gasteiger partial charge >= 0.3 is 0 Å². The lowest BCUT2D eigenvalue weighted by atomic mass is 10.0. The van der Waals surface area contributed by atoms with Crippen molar-refractivity contribution >= 4 is 23.1 Å². The number of carbonyl (C=O) groups is 1. The van der Waals surface area contributed by atoms with Crippen LogP contribution in [0.2, 0.25) is 0 Å². The summed E-state index contributed by atoms with van der Waals surface area (Å²) in [4.78, 5) is 12.6. The van der Waals surface area contributed by atoms with Crippen molar-refractivity contribution in [1.29, 1.82) is 0 Å². The van der Waals surface area contributed by atoms with E-state index in [2.05, 4.69) is 32.7 Å². The number of hydrogen-bond acceptors (Lipinski definition) is 4. The molecule has 2 aromatic carbocycles. The van der Waals surface area contributed by atoms with E-state index in [0.717, 1.165) is 11.3 Å². The minimum Gasteiger partial charge on any atom is -0.306 e. The lowest BCUT2D eigenvalue weighted by Crippen LogP contribution is -2.22. The Bertz CT molecular complexity index is 875. The SMILES string of the molecule is O=C(Nc1ccn[nH]1)C1=NN(c2ccccc2)[C@@H](c2ccccc2)C1. The molecule has 0 aliphatic carbocycles. The number of benzene rings is 2. The van der Waals surface area contributed by atoms with E-state index in [-0.39, 0.29) is 11.9 Å². The Kier molecular flexibility index (Phi) is 4.00. The highest BCUT2D eigenvalue weighted by Crippen LogP contribution is 2.35. The van der Waals surface area contributed by atoms with Gasteiger partial charge in [0.1, 0.15) is 11.5 Å². The Morgan fingerprint density at radius 2 is 1.76 bits per heavy atom. The summed E-state index contributed by atoms with van der Waals surface area (Å²) < 4.78 is 0. The van der Waals surface area contributed by atoms with Gasteiger partial charge in [0, 0.05) is 12.5 Å². The second-order valence-corrected chi connectivity index (χ2v) is 5.78. The van der Waals surface area contributed by atoms with Crippen molar-refractivity contribution in [3.63, 3.8) is 0 Å². The van der Waals surface area contributed by atoms with E-state index in [9.17, 15) is 4.79 Å². The number of para-hydroxylation sites is 1. The quantitative estimate of drug-likeness (QED) is 0.770. The van der Waals surface area contributed by atoms with Crippen LogP contribution in [-0.2, 0) is 4.79 Å². The van der Waals surface area contributed by atoms with Gasteiger partial charge in [0.15, 0.2) is 0 Å². The van der Waals surface area contributed by atoms with Gasteiger partial charge in [-0.15, -0.1) is 0 Å². The molecule has 1 amide bonds. The van der Waals surface area contributed by atoms with Gasteiger partial charge in [-0.05, 0) is 17.7 Å². The van der Waals surface area contributed by atoms with E-state index in [0.29, 0.717) is 18.0 Å². The van der Waals surface area contributed by atoms with Crippen molar-refractivity contribution in [1.82, 2.24) is 10.2 Å². The Hall–Kier alpha value is -3.41. The van der Waals surface area contributed by atoms with E-state index >= 15 is 0 Å². The number of aromatic nitrogens is 2. The van der Waals surface area contributed by atoms with Crippen molar-refractivity contribution in [2.45, 2.75) is 12.5 Å². The summed E-state index contributed by atoms with van der Waals surface area (Å²) >= 11 is 0. The van der Waals surface area contributed by atoms with Gasteiger partial charge in [0.2, 0.25) is 0 Å². The van der Waals surface area contributed by atoms with Crippen LogP contribution in [0.15, 0.2) is 78.0 Å². The topological polar surface area (TPSA) is 73.4 Å². The molecule has 0 radical (unpaired) electrons. The zero-order valence-corrected chi connectivity index (χ0v) is 13.5. The maximum absolute atomic E-state index is 12.6. The molecule has 1 aliphatic rings. The zero-order chi connectivity index (χ0) is 17.1. The van der Waals surface area contributed by atoms with Crippen molar-refractivity contribution in [3.05, 3.63) is 78.5 Å². The molecule has 0 fully saturated rings. The predicted molar refractivity (Wildman–Crippen MR) is 97.4 cm³/mol. The fourth-order valence-corrected chi connectivity index (χ4v) is 2.92. The molecule has 1 atom stereocenters. The van der Waals surface area contributed by atoms with Crippen LogP contribution in [0.1, 0.15) is 18.0 Å². The number of aromatic amines is 1. The predicted octanol–water partition coefficient (Wildman–Crippen LogP) is 3.36. The first kappa shape index (κ1) is 15.1. The number of rotatable bonds is 4. The van der Waals surface area contributed by atoms with Crippen molar-refractivity contribution in [2.75, 3.05) is 10.3 Å². The molecule has 124 valence electrons. The first-order valence-electron chi connectivity index (χ1n) is 8.09. The van der Waals surface area contributed by atoms with E-state index in [4.69, 9.17) is 0 Å². The van der Waals surface area contributed by atoms with E-state index in [1.807, 2.05) is 53.5 Å². The molecular weight excluding hydrogens is 314 g/mol. The van der Waals surface area contributed by atoms with Crippen LogP contribution < -0.4 is 10.3 Å². The Morgan fingerprint density at radius 1 is 1.04 bits per heavy atom. The monoisotopic (exact) mass is 331 g/mol. The molecule has 2 N–H and O–H groups in total. The molecule has 0 saturated carbocycles. The molecule has 0 spiro atoms. The zero-order valence-electron chi connectivity index (χ0n) is 13.5. The van der Waals surface area contributed by atoms with Crippen LogP contribution in [0.4, 0.5) is 11.5 Å². The van der Waals surface area contributed by atoms with Crippen molar-refractivity contribution < 1.29 is 4.79 Å². The summed E-state index contributed by atoms with van der Waals surface area (Å²) in [7, 11) is 0. The van der Waals surface area contributed by atoms with Gasteiger partial charge in [-0.2, -0.15) is 10.2 Å². The third kappa shape index (κ3) is 3.14. The number of hydrogen-bond donors (Lipinski definition) is 2. The number of carbonyl (C=O) groups excluding carboxylic acids is 1. The van der Waals surface area contributed by atoms with Gasteiger partial charge in [-0.3, -0.25) is 14.9 Å². The summed E-state index contributed by atoms with van der Waals surface area (Å²) in [5.74, 6) is 0.339. The van der Waals surface area contributed by atoms with Crippen LogP contribution in [0.25, 0.3) is 0 Å². The minimum atomic E-state index is -0.219. The maximum Gasteiger partial charge on any atom is 0.273 e. The second-order valence-electron chi connectivity index (χ2n) is 5.78. The third-order valence-corrected chi connectivity index (χ3v) is 4.13. The van der Waals surface area contributed by atoms with Gasteiger partial charge in [-0.1, -0.05) is 48.5 Å². The van der Waals surface area contributed by atoms with Crippen LogP contribution in [0, 0.1) is 0 Å². The first-order valence-corrected chi connectivity index (χ1v) is 8.09. The molecule has 3 aromatic rings. The van der Waals surface area contributed by atoms with Gasteiger partial charge in [0.25, 0.3) is 5.91 Å². The average molecular weight is 331 g/mol. The van der Waals surface area contributed by atoms with Crippen LogP contribution in [0.5, 0.6) is 0 Å². The summed E-state index contributed by atoms with van der Waals surface area (Å²) in [6, 6.07) is 21.7. The number of anilines is 2. The lowest BCUT2D eigenvalue weighted by Gasteiger charge is -2.23. The Labute approximate surface area is 145 Å². The van der Waals surface area contributed by atoms with E-state index in [1.54, 1.807) is 12.3 Å². The molecule has 1 aromatic heterocycles. The standard InChI is InChI=1S/C19H17N5O/c25-19(21-18-11-12-20-22-18)16-13-17(14-7-3-1-4-8-14)24(23-16)15-9-5-2-6-10-15/h1-12,17H,13H2,(H2,20,21,22,25)/t17-/m1/s1. The molecular formula is C19H17N5O. The van der Waals surface area contributed by atoms with Crippen LogP contribution in [-0.4, -0.2) is 21.8 Å². The van der Waals surface area contributed by atoms with Gasteiger partial charge < -0.3 is 5.32 Å². The molecule has 0 bridgehead atoms. The molecule has 0 unspecified atom stereocenters. The molecule has 6 heteroatoms. The fraction of sp³-hybridized carbons (Fsp3) is 0.105. The highest BCUT2D eigenvalue weighted by Gasteiger charge is 2.32. The van der Waals surface area contributed by atoms with E-state index < -0.39 is 0 Å². The summed E-state index contributed by atoms with van der Waals surface area (Å²) in [5.41, 5.74) is 2.58. The molecule has 0 saturated heterocycles. The number of nitrogens with zero attached hydrogens (tertiary/aromatic N) is 3. The normalized spacial score (nSPS) is 16.6. The number of hydrazone groups is 1. The number of amides is 1. The van der Waals surface area contributed by atoms with Crippen LogP contribution in [0.3, 0.4) is 0 Å². The minimum absolute atomic E-state index is 0.00823. The Balaban J connectivity index is 1.64. The molecule has 6 nitrogen and oxygen atoms in total. The van der Waals surface area contributed by atoms with Gasteiger partial charge in [0.05, 0.1) is 17.9 Å². The number of H-pyrrole nitrogens is 1. The fourth-order valence-electron chi connectivity index (χ4n) is 2.92. The number of nitrogens with one attached hydrogen (secondary N) is 2. The van der Waals surface area contributed by atoms with E-state index in [1.165, 1.54) is 0 Å². The highest BCUT2D eigenvalue weighted by atomic mass is 16.2. The second kappa shape index (κ2) is 6.60. The summed E-state index contributed by atoms with van der Waals surface area (Å²) in [6.07, 6.45) is 2.13. The van der Waals surface area contributed by atoms with Crippen molar-refractivity contribution in [2.24, 2.45) is 5.10 Å². The molecule has 2 heterocycles. The Morgan fingerprint density at radius 3 is 2.44 bits per heavy atom. The summed E-state index contributed by atoms with van der Waals surface area (Å²) in [5, 5.41) is 15.9. The van der Waals surface area contributed by atoms with Gasteiger partial charge in [-0.25, -0.2) is 0 Å². The first-order chi connectivity index (χ1) is 12.3. The smallest absolute Gasteiger partial charge is 0.273 e. The highest BCUT2D eigenvalue weighted by molar-refractivity contribution is 6.43. The van der Waals surface area contributed by atoms with Crippen LogP contribution >= 0.6 is 0 Å². The maximum atomic E-state index is 12.6. The lowest BCUT2D eigenvalue weighted by molar-refractivity contribution is -0.110. The molecule has 4 rings (SSSR count). The summed E-state index contributed by atoms with van der Waals surface area (Å²) in [6.45, 7) is 0. The molecule has 1 aliphatic heterocycles. The molecule has 25 heavy (non-hydrogen) atoms. The largest absolute Gasteiger partial charge is 0.306 e. The van der Waals surface area contributed by atoms with Crippen molar-refractivity contribution in [3.8, 4) is 0 Å². The third-order valence-electron chi connectivity index (χ3n) is 4.13.